The van der Waals surface area contributed by atoms with E-state index < -0.39 is 24.3 Å². The van der Waals surface area contributed by atoms with Gasteiger partial charge < -0.3 is 18.9 Å². The predicted octanol–water partition coefficient (Wildman–Crippen LogP) is 0.336. The molecule has 0 spiro atoms. The first-order chi connectivity index (χ1) is 10.1. The summed E-state index contributed by atoms with van der Waals surface area (Å²) in [6.45, 7) is 1.80. The molecule has 2 aliphatic rings. The lowest BCUT2D eigenvalue weighted by Gasteiger charge is -2.16. The second kappa shape index (κ2) is 5.79. The summed E-state index contributed by atoms with van der Waals surface area (Å²) in [5.74, 6) is -0.861. The monoisotopic (exact) mass is 293 g/mol. The number of nitrogens with zero attached hydrogens (tertiary/aromatic N) is 1. The van der Waals surface area contributed by atoms with Crippen LogP contribution in [0.4, 0.5) is 0 Å². The van der Waals surface area contributed by atoms with Crippen LogP contribution in [0.3, 0.4) is 0 Å². The van der Waals surface area contributed by atoms with E-state index in [4.69, 9.17) is 18.9 Å². The van der Waals surface area contributed by atoms with Gasteiger partial charge in [-0.3, -0.25) is 9.78 Å². The third-order valence-corrected chi connectivity index (χ3v) is 3.44. The molecule has 1 aromatic rings. The molecular formula is C14H15NO6. The fourth-order valence-corrected chi connectivity index (χ4v) is 2.53. The summed E-state index contributed by atoms with van der Waals surface area (Å²) < 4.78 is 21.6. The predicted molar refractivity (Wildman–Crippen MR) is 68.5 cm³/mol. The number of fused-ring (bicyclic) bond motifs is 1. The molecule has 0 bridgehead atoms. The summed E-state index contributed by atoms with van der Waals surface area (Å²) >= 11 is 0. The summed E-state index contributed by atoms with van der Waals surface area (Å²) in [6, 6.07) is 3.28. The Morgan fingerprint density at radius 1 is 1.19 bits per heavy atom. The molecule has 7 nitrogen and oxygen atoms in total. The second-order valence-electron chi connectivity index (χ2n) is 4.93. The minimum absolute atomic E-state index is 0.221. The minimum atomic E-state index is -0.511. The van der Waals surface area contributed by atoms with Crippen LogP contribution < -0.4 is 0 Å². The van der Waals surface area contributed by atoms with Crippen LogP contribution >= 0.6 is 0 Å². The molecule has 0 N–H and O–H groups in total. The molecule has 1 unspecified atom stereocenters. The lowest BCUT2D eigenvalue weighted by molar-refractivity contribution is -0.151. The van der Waals surface area contributed by atoms with E-state index in [1.54, 1.807) is 18.3 Å². The summed E-state index contributed by atoms with van der Waals surface area (Å²) in [7, 11) is 0. The molecule has 3 rings (SSSR count). The Balaban J connectivity index is 1.62. The Hall–Kier alpha value is -1.99. The summed E-state index contributed by atoms with van der Waals surface area (Å²) in [5, 5.41) is 0. The van der Waals surface area contributed by atoms with E-state index in [1.807, 2.05) is 0 Å². The first-order valence-corrected chi connectivity index (χ1v) is 6.66. The number of carbonyl (C=O) groups is 2. The van der Waals surface area contributed by atoms with E-state index in [0.717, 1.165) is 0 Å². The van der Waals surface area contributed by atoms with E-state index >= 15 is 0 Å². The fraction of sp³-hybridized carbons (Fsp3) is 0.500. The van der Waals surface area contributed by atoms with E-state index in [9.17, 15) is 9.59 Å². The van der Waals surface area contributed by atoms with Crippen LogP contribution in [0, 0.1) is 0 Å². The Kier molecular flexibility index (Phi) is 3.85. The highest BCUT2D eigenvalue weighted by Crippen LogP contribution is 2.30. The van der Waals surface area contributed by atoms with Crippen molar-refractivity contribution in [3.05, 3.63) is 30.1 Å². The van der Waals surface area contributed by atoms with Gasteiger partial charge in [0.05, 0.1) is 18.8 Å². The zero-order valence-corrected chi connectivity index (χ0v) is 11.4. The molecule has 1 aromatic heterocycles. The number of hydrogen-bond acceptors (Lipinski definition) is 7. The minimum Gasteiger partial charge on any atom is -0.457 e. The quantitative estimate of drug-likeness (QED) is 0.743. The zero-order valence-electron chi connectivity index (χ0n) is 11.4. The van der Waals surface area contributed by atoms with E-state index in [-0.39, 0.29) is 25.3 Å². The van der Waals surface area contributed by atoms with Gasteiger partial charge in [0, 0.05) is 19.3 Å². The lowest BCUT2D eigenvalue weighted by atomic mass is 10.1. The molecule has 2 fully saturated rings. The average Bonchev–Trinajstić information content (AvgIpc) is 3.04. The van der Waals surface area contributed by atoms with Crippen LogP contribution in [0.25, 0.3) is 0 Å². The van der Waals surface area contributed by atoms with Gasteiger partial charge >= 0.3 is 11.9 Å². The maximum atomic E-state index is 12.0. The van der Waals surface area contributed by atoms with Crippen molar-refractivity contribution < 1.29 is 28.5 Å². The molecule has 0 amide bonds. The first-order valence-electron chi connectivity index (χ1n) is 6.66. The third-order valence-electron chi connectivity index (χ3n) is 3.44. The molecule has 0 radical (unpaired) electrons. The van der Waals surface area contributed by atoms with Gasteiger partial charge in [-0.2, -0.15) is 0 Å². The Morgan fingerprint density at radius 2 is 1.86 bits per heavy atom. The standard InChI is InChI=1S/C14H15NO6/c1-8(16)20-10-6-18-13-11(7-19-12(10)13)21-14(17)9-3-2-4-15-5-9/h2-5,10-13H,6-7H2,1H3/t10-,11?,12+,13+/m0/s1. The smallest absolute Gasteiger partial charge is 0.340 e. The van der Waals surface area contributed by atoms with Crippen molar-refractivity contribution in [3.63, 3.8) is 0 Å². The van der Waals surface area contributed by atoms with Crippen molar-refractivity contribution in [2.45, 2.75) is 31.3 Å². The molecule has 112 valence electrons. The van der Waals surface area contributed by atoms with Gasteiger partial charge in [-0.15, -0.1) is 0 Å². The molecule has 4 atom stereocenters. The third kappa shape index (κ3) is 2.88. The Labute approximate surface area is 121 Å². The first kappa shape index (κ1) is 14.0. The molecule has 0 saturated carbocycles. The molecule has 0 aromatic carbocycles. The van der Waals surface area contributed by atoms with E-state index in [1.165, 1.54) is 13.1 Å². The molecule has 2 saturated heterocycles. The largest absolute Gasteiger partial charge is 0.457 e. The van der Waals surface area contributed by atoms with Crippen molar-refractivity contribution >= 4 is 11.9 Å². The zero-order chi connectivity index (χ0) is 14.8. The normalized spacial score (nSPS) is 30.7. The highest BCUT2D eigenvalue weighted by atomic mass is 16.7. The van der Waals surface area contributed by atoms with Crippen molar-refractivity contribution in [2.24, 2.45) is 0 Å². The molecule has 3 heterocycles. The highest BCUT2D eigenvalue weighted by Gasteiger charge is 2.51. The highest BCUT2D eigenvalue weighted by molar-refractivity contribution is 5.89. The van der Waals surface area contributed by atoms with Crippen LogP contribution in [0.15, 0.2) is 24.5 Å². The number of aromatic nitrogens is 1. The second-order valence-corrected chi connectivity index (χ2v) is 4.93. The molecule has 21 heavy (non-hydrogen) atoms. The van der Waals surface area contributed by atoms with Gasteiger partial charge in [-0.25, -0.2) is 4.79 Å². The van der Waals surface area contributed by atoms with Crippen LogP contribution in [-0.2, 0) is 23.7 Å². The maximum Gasteiger partial charge on any atom is 0.340 e. The van der Waals surface area contributed by atoms with Crippen molar-refractivity contribution in [3.8, 4) is 0 Å². The van der Waals surface area contributed by atoms with Gasteiger partial charge in [0.15, 0.2) is 12.2 Å². The number of rotatable bonds is 3. The number of pyridine rings is 1. The topological polar surface area (TPSA) is 84.0 Å². The van der Waals surface area contributed by atoms with Crippen LogP contribution in [0.1, 0.15) is 17.3 Å². The average molecular weight is 293 g/mol. The number of hydrogen-bond donors (Lipinski definition) is 0. The number of esters is 2. The Bertz CT molecular complexity index is 534. The molecule has 2 aliphatic heterocycles. The lowest BCUT2D eigenvalue weighted by Crippen LogP contribution is -2.35. The SMILES string of the molecule is CC(=O)O[C@H]1CO[C@@H]2C(OC(=O)c3cccnc3)CO[C@H]12. The maximum absolute atomic E-state index is 12.0. The number of ether oxygens (including phenoxy) is 4. The van der Waals surface area contributed by atoms with Crippen LogP contribution in [0.2, 0.25) is 0 Å². The van der Waals surface area contributed by atoms with Gasteiger partial charge in [0.2, 0.25) is 0 Å². The van der Waals surface area contributed by atoms with Crippen molar-refractivity contribution in [1.29, 1.82) is 0 Å². The summed E-state index contributed by atoms with van der Waals surface area (Å²) in [6.07, 6.45) is 1.26. The van der Waals surface area contributed by atoms with Gasteiger partial charge in [-0.05, 0) is 12.1 Å². The van der Waals surface area contributed by atoms with Crippen LogP contribution in [0.5, 0.6) is 0 Å². The summed E-state index contributed by atoms with van der Waals surface area (Å²) in [5.41, 5.74) is 0.371. The van der Waals surface area contributed by atoms with E-state index in [2.05, 4.69) is 4.98 Å². The molecule has 7 heteroatoms. The van der Waals surface area contributed by atoms with Crippen molar-refractivity contribution in [2.75, 3.05) is 13.2 Å². The molecule has 0 aliphatic carbocycles. The Morgan fingerprint density at radius 3 is 2.43 bits per heavy atom. The number of carbonyl (C=O) groups excluding carboxylic acids is 2. The van der Waals surface area contributed by atoms with Gasteiger partial charge in [-0.1, -0.05) is 0 Å². The fourth-order valence-electron chi connectivity index (χ4n) is 2.53. The van der Waals surface area contributed by atoms with Gasteiger partial charge in [0.1, 0.15) is 12.2 Å². The van der Waals surface area contributed by atoms with E-state index in [0.29, 0.717) is 5.56 Å². The summed E-state index contributed by atoms with van der Waals surface area (Å²) in [4.78, 5) is 26.9. The van der Waals surface area contributed by atoms with Gasteiger partial charge in [0.25, 0.3) is 0 Å². The van der Waals surface area contributed by atoms with Crippen LogP contribution in [-0.4, -0.2) is 54.6 Å². The molecular weight excluding hydrogens is 278 g/mol. The van der Waals surface area contributed by atoms with Crippen molar-refractivity contribution in [1.82, 2.24) is 4.98 Å².